The molecule has 1 N–H and O–H groups in total. The lowest BCUT2D eigenvalue weighted by atomic mass is 10.2. The summed E-state index contributed by atoms with van der Waals surface area (Å²) in [5.41, 5.74) is -0.439. The van der Waals surface area contributed by atoms with Crippen molar-refractivity contribution >= 4 is 27.3 Å². The van der Waals surface area contributed by atoms with Gasteiger partial charge in [-0.2, -0.15) is 13.2 Å². The van der Waals surface area contributed by atoms with Gasteiger partial charge in [-0.15, -0.1) is 11.3 Å². The molecule has 2 nitrogen and oxygen atoms in total. The summed E-state index contributed by atoms with van der Waals surface area (Å²) in [6, 6.07) is 4.03. The van der Waals surface area contributed by atoms with Crippen LogP contribution < -0.4 is 5.32 Å². The van der Waals surface area contributed by atoms with Crippen LogP contribution in [-0.4, -0.2) is 11.5 Å². The van der Waals surface area contributed by atoms with Crippen LogP contribution in [0.5, 0.6) is 0 Å². The molecule has 0 saturated carbocycles. The van der Waals surface area contributed by atoms with Crippen molar-refractivity contribution in [2.45, 2.75) is 19.6 Å². The topological polar surface area (TPSA) is 24.9 Å². The van der Waals surface area contributed by atoms with E-state index in [1.807, 2.05) is 6.92 Å². The Morgan fingerprint density at radius 1 is 1.33 bits per heavy atom. The second-order valence-corrected chi connectivity index (χ2v) is 6.14. The Kier molecular flexibility index (Phi) is 5.00. The standard InChI is InChI=1S/C13H11BrF4N2S/c1-2-19-6-10-11(13(16,17)18)20-12(21-10)7-3-4-9(15)8(14)5-7/h3-5,19H,2,6H2,1H3. The van der Waals surface area contributed by atoms with Crippen molar-refractivity contribution in [3.8, 4) is 10.6 Å². The molecular weight excluding hydrogens is 372 g/mol. The van der Waals surface area contributed by atoms with Crippen molar-refractivity contribution in [1.29, 1.82) is 0 Å². The number of halogens is 5. The van der Waals surface area contributed by atoms with Gasteiger partial charge in [0.1, 0.15) is 10.8 Å². The highest BCUT2D eigenvalue weighted by Crippen LogP contribution is 2.38. The lowest BCUT2D eigenvalue weighted by Gasteiger charge is -2.05. The van der Waals surface area contributed by atoms with Crippen LogP contribution in [0.1, 0.15) is 17.5 Å². The summed E-state index contributed by atoms with van der Waals surface area (Å²) in [6.07, 6.45) is -4.50. The maximum absolute atomic E-state index is 13.2. The van der Waals surface area contributed by atoms with Crippen LogP contribution >= 0.6 is 27.3 Å². The second-order valence-electron chi connectivity index (χ2n) is 4.20. The molecule has 2 aromatic rings. The number of rotatable bonds is 4. The van der Waals surface area contributed by atoms with Gasteiger partial charge in [0.25, 0.3) is 0 Å². The molecule has 0 aliphatic rings. The average Bonchev–Trinajstić information content (AvgIpc) is 2.83. The van der Waals surface area contributed by atoms with Gasteiger partial charge in [-0.05, 0) is 40.7 Å². The van der Waals surface area contributed by atoms with Crippen LogP contribution in [0.15, 0.2) is 22.7 Å². The minimum Gasteiger partial charge on any atom is -0.312 e. The highest BCUT2D eigenvalue weighted by molar-refractivity contribution is 9.10. The van der Waals surface area contributed by atoms with Crippen LogP contribution in [0.2, 0.25) is 0 Å². The molecule has 1 aromatic heterocycles. The molecule has 0 bridgehead atoms. The summed E-state index contributed by atoms with van der Waals surface area (Å²) in [5, 5.41) is 3.08. The van der Waals surface area contributed by atoms with E-state index in [4.69, 9.17) is 0 Å². The van der Waals surface area contributed by atoms with Crippen LogP contribution in [0.3, 0.4) is 0 Å². The highest BCUT2D eigenvalue weighted by atomic mass is 79.9. The van der Waals surface area contributed by atoms with E-state index in [1.54, 1.807) is 0 Å². The molecule has 1 heterocycles. The average molecular weight is 383 g/mol. The molecule has 0 spiro atoms. The van der Waals surface area contributed by atoms with Crippen molar-refractivity contribution in [2.24, 2.45) is 0 Å². The Balaban J connectivity index is 2.45. The first-order valence-electron chi connectivity index (χ1n) is 6.06. The van der Waals surface area contributed by atoms with Crippen molar-refractivity contribution in [2.75, 3.05) is 6.54 Å². The van der Waals surface area contributed by atoms with Crippen LogP contribution in [0, 0.1) is 5.82 Å². The monoisotopic (exact) mass is 382 g/mol. The number of alkyl halides is 3. The van der Waals surface area contributed by atoms with E-state index in [-0.39, 0.29) is 20.9 Å². The first kappa shape index (κ1) is 16.4. The summed E-state index contributed by atoms with van der Waals surface area (Å²) in [7, 11) is 0. The largest absolute Gasteiger partial charge is 0.434 e. The Hall–Kier alpha value is -0.990. The molecule has 114 valence electrons. The number of hydrogen-bond donors (Lipinski definition) is 1. The highest BCUT2D eigenvalue weighted by Gasteiger charge is 2.37. The third-order valence-electron chi connectivity index (χ3n) is 2.67. The molecule has 2 rings (SSSR count). The quantitative estimate of drug-likeness (QED) is 0.765. The van der Waals surface area contributed by atoms with Crippen molar-refractivity contribution in [1.82, 2.24) is 10.3 Å². The summed E-state index contributed by atoms with van der Waals surface area (Å²) in [4.78, 5) is 3.81. The zero-order chi connectivity index (χ0) is 15.6. The summed E-state index contributed by atoms with van der Waals surface area (Å²) in [5.74, 6) is -0.473. The number of hydrogen-bond acceptors (Lipinski definition) is 3. The van der Waals surface area contributed by atoms with Gasteiger partial charge >= 0.3 is 6.18 Å². The van der Waals surface area contributed by atoms with E-state index in [0.717, 1.165) is 11.3 Å². The van der Waals surface area contributed by atoms with Gasteiger partial charge in [0.2, 0.25) is 0 Å². The molecule has 8 heteroatoms. The molecule has 0 amide bonds. The fourth-order valence-electron chi connectivity index (χ4n) is 1.68. The van der Waals surface area contributed by atoms with Gasteiger partial charge in [0.15, 0.2) is 5.69 Å². The molecule has 0 atom stereocenters. The maximum Gasteiger partial charge on any atom is 0.434 e. The third-order valence-corrected chi connectivity index (χ3v) is 4.38. The molecule has 1 aromatic carbocycles. The molecule has 0 radical (unpaired) electrons. The van der Waals surface area contributed by atoms with Crippen molar-refractivity contribution in [3.05, 3.63) is 39.1 Å². The number of nitrogens with zero attached hydrogens (tertiary/aromatic N) is 1. The maximum atomic E-state index is 13.2. The number of benzene rings is 1. The van der Waals surface area contributed by atoms with E-state index in [0.29, 0.717) is 12.1 Å². The summed E-state index contributed by atoms with van der Waals surface area (Å²) in [6.45, 7) is 2.48. The minimum absolute atomic E-state index is 0.103. The fraction of sp³-hybridized carbons (Fsp3) is 0.308. The lowest BCUT2D eigenvalue weighted by molar-refractivity contribution is -0.141. The summed E-state index contributed by atoms with van der Waals surface area (Å²) < 4.78 is 52.4. The van der Waals surface area contributed by atoms with Gasteiger partial charge in [-0.3, -0.25) is 0 Å². The van der Waals surface area contributed by atoms with Gasteiger partial charge in [0.05, 0.1) is 9.35 Å². The SMILES string of the molecule is CCNCc1sc(-c2ccc(F)c(Br)c2)nc1C(F)(F)F. The predicted molar refractivity (Wildman–Crippen MR) is 77.6 cm³/mol. The predicted octanol–water partition coefficient (Wildman–Crippen LogP) is 4.84. The first-order valence-corrected chi connectivity index (χ1v) is 7.67. The smallest absolute Gasteiger partial charge is 0.312 e. The Labute approximate surface area is 131 Å². The zero-order valence-corrected chi connectivity index (χ0v) is 13.3. The third kappa shape index (κ3) is 3.81. The fourth-order valence-corrected chi connectivity index (χ4v) is 3.11. The Morgan fingerprint density at radius 2 is 2.05 bits per heavy atom. The molecule has 0 saturated heterocycles. The molecule has 0 aliphatic carbocycles. The van der Waals surface area contributed by atoms with E-state index >= 15 is 0 Å². The Morgan fingerprint density at radius 3 is 2.62 bits per heavy atom. The van der Waals surface area contributed by atoms with Crippen molar-refractivity contribution in [3.63, 3.8) is 0 Å². The minimum atomic E-state index is -4.50. The Bertz CT molecular complexity index is 640. The van der Waals surface area contributed by atoms with Gasteiger partial charge < -0.3 is 5.32 Å². The van der Waals surface area contributed by atoms with Gasteiger partial charge in [-0.25, -0.2) is 9.37 Å². The van der Waals surface area contributed by atoms with E-state index in [2.05, 4.69) is 26.2 Å². The van der Waals surface area contributed by atoms with E-state index in [1.165, 1.54) is 18.2 Å². The molecular formula is C13H11BrF4N2S. The van der Waals surface area contributed by atoms with Crippen LogP contribution in [0.25, 0.3) is 10.6 Å². The number of nitrogens with one attached hydrogen (secondary N) is 1. The van der Waals surface area contributed by atoms with Crippen LogP contribution in [0.4, 0.5) is 17.6 Å². The molecule has 0 unspecified atom stereocenters. The molecule has 0 fully saturated rings. The first-order chi connectivity index (χ1) is 9.82. The summed E-state index contributed by atoms with van der Waals surface area (Å²) >= 11 is 3.97. The molecule has 0 aliphatic heterocycles. The van der Waals surface area contributed by atoms with Gasteiger partial charge in [-0.1, -0.05) is 6.92 Å². The number of thiazole rings is 1. The van der Waals surface area contributed by atoms with E-state index in [9.17, 15) is 17.6 Å². The zero-order valence-electron chi connectivity index (χ0n) is 10.9. The molecule has 21 heavy (non-hydrogen) atoms. The van der Waals surface area contributed by atoms with Crippen molar-refractivity contribution < 1.29 is 17.6 Å². The second kappa shape index (κ2) is 6.41. The lowest BCUT2D eigenvalue weighted by Crippen LogP contribution is -2.15. The van der Waals surface area contributed by atoms with Crippen LogP contribution in [-0.2, 0) is 12.7 Å². The normalized spacial score (nSPS) is 11.9. The van der Waals surface area contributed by atoms with E-state index < -0.39 is 17.7 Å². The van der Waals surface area contributed by atoms with Gasteiger partial charge in [0, 0.05) is 12.1 Å². The number of aromatic nitrogens is 1.